The second kappa shape index (κ2) is 6.00. The van der Waals surface area contributed by atoms with Crippen molar-refractivity contribution in [3.63, 3.8) is 0 Å². The van der Waals surface area contributed by atoms with Crippen LogP contribution in [0.4, 0.5) is 5.13 Å². The van der Waals surface area contributed by atoms with Gasteiger partial charge < -0.3 is 10.2 Å². The highest BCUT2D eigenvalue weighted by Gasteiger charge is 2.26. The van der Waals surface area contributed by atoms with E-state index in [4.69, 9.17) is 4.98 Å². The van der Waals surface area contributed by atoms with E-state index in [1.807, 2.05) is 11.3 Å². The van der Waals surface area contributed by atoms with Crippen molar-refractivity contribution in [2.24, 2.45) is 0 Å². The van der Waals surface area contributed by atoms with Gasteiger partial charge >= 0.3 is 0 Å². The summed E-state index contributed by atoms with van der Waals surface area (Å²) in [4.78, 5) is 11.2. The van der Waals surface area contributed by atoms with Crippen LogP contribution in [0.15, 0.2) is 0 Å². The average Bonchev–Trinajstić information content (AvgIpc) is 3.20. The first kappa shape index (κ1) is 14.3. The van der Waals surface area contributed by atoms with Crippen molar-refractivity contribution in [2.75, 3.05) is 31.6 Å². The number of thiazole rings is 1. The zero-order valence-corrected chi connectivity index (χ0v) is 13.7. The number of hydrogen-bond donors (Lipinski definition) is 1. The number of nitrogens with one attached hydrogen (secondary N) is 1. The van der Waals surface area contributed by atoms with Crippen LogP contribution in [-0.2, 0) is 6.54 Å². The molecule has 1 saturated carbocycles. The standard InChI is InChI=1S/C15H26N4S/c1-4-13-10-19(8-7-18(13)3)15-17-11(2)14(20-15)9-16-12-5-6-12/h12-13,16H,4-10H2,1-3H3. The van der Waals surface area contributed by atoms with Crippen molar-refractivity contribution < 1.29 is 0 Å². The smallest absolute Gasteiger partial charge is 0.185 e. The molecule has 2 aliphatic rings. The van der Waals surface area contributed by atoms with E-state index in [0.29, 0.717) is 6.04 Å². The van der Waals surface area contributed by atoms with Gasteiger partial charge in [0.1, 0.15) is 0 Å². The number of nitrogens with zero attached hydrogens (tertiary/aromatic N) is 3. The van der Waals surface area contributed by atoms with Crippen LogP contribution in [0.1, 0.15) is 36.8 Å². The van der Waals surface area contributed by atoms with Gasteiger partial charge in [0, 0.05) is 43.1 Å². The van der Waals surface area contributed by atoms with Crippen LogP contribution >= 0.6 is 11.3 Å². The van der Waals surface area contributed by atoms with Crippen molar-refractivity contribution in [3.8, 4) is 0 Å². The molecule has 1 N–H and O–H groups in total. The van der Waals surface area contributed by atoms with Crippen LogP contribution in [0, 0.1) is 6.92 Å². The highest BCUT2D eigenvalue weighted by Crippen LogP contribution is 2.29. The molecule has 2 fully saturated rings. The molecule has 1 unspecified atom stereocenters. The van der Waals surface area contributed by atoms with Crippen LogP contribution in [0.2, 0.25) is 0 Å². The Morgan fingerprint density at radius 3 is 2.85 bits per heavy atom. The molecule has 1 aliphatic heterocycles. The molecule has 1 aliphatic carbocycles. The summed E-state index contributed by atoms with van der Waals surface area (Å²) in [5.74, 6) is 0. The molecule has 0 bridgehead atoms. The van der Waals surface area contributed by atoms with E-state index in [0.717, 1.165) is 32.2 Å². The topological polar surface area (TPSA) is 31.4 Å². The van der Waals surface area contributed by atoms with E-state index in [2.05, 4.69) is 36.0 Å². The Hall–Kier alpha value is -0.650. The Labute approximate surface area is 126 Å². The maximum Gasteiger partial charge on any atom is 0.185 e. The second-order valence-electron chi connectivity index (χ2n) is 6.15. The second-order valence-corrected chi connectivity index (χ2v) is 7.21. The molecule has 20 heavy (non-hydrogen) atoms. The molecule has 1 atom stereocenters. The number of likely N-dealkylation sites (N-methyl/N-ethyl adjacent to an activating group) is 1. The number of aromatic nitrogens is 1. The zero-order valence-electron chi connectivity index (χ0n) is 12.9. The molecule has 0 spiro atoms. The van der Waals surface area contributed by atoms with Crippen LogP contribution in [0.5, 0.6) is 0 Å². The summed E-state index contributed by atoms with van der Waals surface area (Å²) in [7, 11) is 2.24. The molecule has 1 saturated heterocycles. The number of rotatable bonds is 5. The molecule has 1 aromatic heterocycles. The molecule has 1 aromatic rings. The van der Waals surface area contributed by atoms with Gasteiger partial charge in [-0.05, 0) is 33.2 Å². The molecule has 0 radical (unpaired) electrons. The van der Waals surface area contributed by atoms with Crippen molar-refractivity contribution in [3.05, 3.63) is 10.6 Å². The summed E-state index contributed by atoms with van der Waals surface area (Å²) in [6.07, 6.45) is 3.91. The molecule has 0 aromatic carbocycles. The Kier molecular flexibility index (Phi) is 4.29. The maximum atomic E-state index is 4.81. The van der Waals surface area contributed by atoms with Gasteiger partial charge in [-0.25, -0.2) is 4.98 Å². The third kappa shape index (κ3) is 3.15. The highest BCUT2D eigenvalue weighted by atomic mass is 32.1. The predicted molar refractivity (Wildman–Crippen MR) is 85.6 cm³/mol. The first-order valence-corrected chi connectivity index (χ1v) is 8.64. The predicted octanol–water partition coefficient (Wildman–Crippen LogP) is 2.23. The molecular weight excluding hydrogens is 268 g/mol. The Balaban J connectivity index is 1.65. The zero-order chi connectivity index (χ0) is 14.1. The maximum absolute atomic E-state index is 4.81. The third-order valence-electron chi connectivity index (χ3n) is 4.53. The summed E-state index contributed by atoms with van der Waals surface area (Å²) in [6, 6.07) is 1.44. The molecule has 5 heteroatoms. The van der Waals surface area contributed by atoms with Crippen LogP contribution in [0.25, 0.3) is 0 Å². The molecular formula is C15H26N4S. The fraction of sp³-hybridized carbons (Fsp3) is 0.800. The SMILES string of the molecule is CCC1CN(c2nc(C)c(CNC3CC3)s2)CCN1C. The van der Waals surface area contributed by atoms with Crippen LogP contribution in [0.3, 0.4) is 0 Å². The van der Waals surface area contributed by atoms with Gasteiger partial charge in [0.05, 0.1) is 5.69 Å². The lowest BCUT2D eigenvalue weighted by atomic mass is 10.1. The summed E-state index contributed by atoms with van der Waals surface area (Å²) in [5, 5.41) is 4.82. The lowest BCUT2D eigenvalue weighted by molar-refractivity contribution is 0.213. The summed E-state index contributed by atoms with van der Waals surface area (Å²) >= 11 is 1.88. The monoisotopic (exact) mass is 294 g/mol. The molecule has 0 amide bonds. The van der Waals surface area contributed by atoms with Gasteiger partial charge in [-0.2, -0.15) is 0 Å². The van der Waals surface area contributed by atoms with Gasteiger partial charge in [-0.3, -0.25) is 4.90 Å². The van der Waals surface area contributed by atoms with Crippen molar-refractivity contribution in [1.29, 1.82) is 0 Å². The van der Waals surface area contributed by atoms with Crippen molar-refractivity contribution >= 4 is 16.5 Å². The van der Waals surface area contributed by atoms with Crippen LogP contribution in [-0.4, -0.2) is 48.6 Å². The fourth-order valence-electron chi connectivity index (χ4n) is 2.80. The number of aryl methyl sites for hydroxylation is 1. The Morgan fingerprint density at radius 2 is 2.15 bits per heavy atom. The molecule has 3 rings (SSSR count). The normalized spacial score (nSPS) is 24.4. The average molecular weight is 294 g/mol. The van der Waals surface area contributed by atoms with E-state index < -0.39 is 0 Å². The van der Waals surface area contributed by atoms with Gasteiger partial charge in [0.25, 0.3) is 0 Å². The summed E-state index contributed by atoms with van der Waals surface area (Å²) < 4.78 is 0. The third-order valence-corrected chi connectivity index (χ3v) is 5.75. The minimum absolute atomic E-state index is 0.668. The minimum Gasteiger partial charge on any atom is -0.345 e. The number of piperazine rings is 1. The minimum atomic E-state index is 0.668. The largest absolute Gasteiger partial charge is 0.345 e. The van der Waals surface area contributed by atoms with E-state index in [-0.39, 0.29) is 0 Å². The lowest BCUT2D eigenvalue weighted by Gasteiger charge is -2.39. The molecule has 112 valence electrons. The summed E-state index contributed by atoms with van der Waals surface area (Å²) in [5.41, 5.74) is 1.21. The Bertz CT molecular complexity index is 455. The van der Waals surface area contributed by atoms with Crippen LogP contribution < -0.4 is 10.2 Å². The van der Waals surface area contributed by atoms with E-state index in [1.165, 1.54) is 35.0 Å². The van der Waals surface area contributed by atoms with E-state index >= 15 is 0 Å². The van der Waals surface area contributed by atoms with E-state index in [1.54, 1.807) is 0 Å². The van der Waals surface area contributed by atoms with Crippen molar-refractivity contribution in [2.45, 2.75) is 51.7 Å². The fourth-order valence-corrected chi connectivity index (χ4v) is 3.84. The summed E-state index contributed by atoms with van der Waals surface area (Å²) in [6.45, 7) is 8.80. The molecule has 2 heterocycles. The van der Waals surface area contributed by atoms with Crippen molar-refractivity contribution in [1.82, 2.24) is 15.2 Å². The van der Waals surface area contributed by atoms with Gasteiger partial charge in [-0.1, -0.05) is 6.92 Å². The molecule has 4 nitrogen and oxygen atoms in total. The highest BCUT2D eigenvalue weighted by molar-refractivity contribution is 7.15. The first-order valence-electron chi connectivity index (χ1n) is 7.82. The van der Waals surface area contributed by atoms with Gasteiger partial charge in [0.15, 0.2) is 5.13 Å². The quantitative estimate of drug-likeness (QED) is 0.902. The van der Waals surface area contributed by atoms with Gasteiger partial charge in [0.2, 0.25) is 0 Å². The first-order chi connectivity index (χ1) is 9.67. The number of hydrogen-bond acceptors (Lipinski definition) is 5. The Morgan fingerprint density at radius 1 is 1.35 bits per heavy atom. The number of anilines is 1. The lowest BCUT2D eigenvalue weighted by Crippen LogP contribution is -2.51. The van der Waals surface area contributed by atoms with E-state index in [9.17, 15) is 0 Å². The van der Waals surface area contributed by atoms with Gasteiger partial charge in [-0.15, -0.1) is 11.3 Å².